The number of hydrogen-bond donors (Lipinski definition) is 2. The van der Waals surface area contributed by atoms with Crippen molar-refractivity contribution in [3.63, 3.8) is 0 Å². The van der Waals surface area contributed by atoms with Crippen molar-refractivity contribution in [1.29, 1.82) is 0 Å². The van der Waals surface area contributed by atoms with E-state index in [0.29, 0.717) is 35.8 Å². The number of aromatic nitrogens is 2. The Balaban J connectivity index is 2.05. The van der Waals surface area contributed by atoms with Gasteiger partial charge in [0.1, 0.15) is 5.82 Å². The quantitative estimate of drug-likeness (QED) is 0.744. The first-order chi connectivity index (χ1) is 8.78. The van der Waals surface area contributed by atoms with Crippen molar-refractivity contribution >= 4 is 10.9 Å². The number of nitrogens with one attached hydrogen (secondary N) is 1. The number of H-pyrrole nitrogens is 1. The maximum absolute atomic E-state index is 13.5. The summed E-state index contributed by atoms with van der Waals surface area (Å²) in [6, 6.07) is 6.78. The average Bonchev–Trinajstić information content (AvgIpc) is 2.96. The summed E-state index contributed by atoms with van der Waals surface area (Å²) in [6.07, 6.45) is 2.21. The predicted molar refractivity (Wildman–Crippen MR) is 66.5 cm³/mol. The van der Waals surface area contributed by atoms with E-state index in [1.165, 1.54) is 6.07 Å². The third-order valence-corrected chi connectivity index (χ3v) is 2.78. The number of rotatable bonds is 3. The van der Waals surface area contributed by atoms with Crippen LogP contribution in [0.1, 0.15) is 5.89 Å². The van der Waals surface area contributed by atoms with Gasteiger partial charge in [-0.15, -0.1) is 0 Å². The van der Waals surface area contributed by atoms with Crippen molar-refractivity contribution in [3.05, 3.63) is 42.2 Å². The van der Waals surface area contributed by atoms with Gasteiger partial charge in [0.15, 0.2) is 11.7 Å². The highest BCUT2D eigenvalue weighted by Gasteiger charge is 2.10. The lowest BCUT2D eigenvalue weighted by Crippen LogP contribution is -2.02. The Morgan fingerprint density at radius 3 is 3.06 bits per heavy atom. The summed E-state index contributed by atoms with van der Waals surface area (Å²) in [5.74, 6) is 0.904. The van der Waals surface area contributed by atoms with E-state index in [1.54, 1.807) is 12.3 Å². The predicted octanol–water partition coefficient (Wildman–Crippen LogP) is 2.46. The molecule has 0 fully saturated rings. The van der Waals surface area contributed by atoms with Gasteiger partial charge in [0, 0.05) is 18.4 Å². The first-order valence-electron chi connectivity index (χ1n) is 5.70. The smallest absolute Gasteiger partial charge is 0.196 e. The van der Waals surface area contributed by atoms with Crippen molar-refractivity contribution < 1.29 is 8.81 Å². The molecule has 5 heteroatoms. The molecule has 3 aromatic rings. The number of fused-ring (bicyclic) bond motifs is 1. The van der Waals surface area contributed by atoms with Crippen LogP contribution in [0.4, 0.5) is 4.39 Å². The Bertz CT molecular complexity index is 686. The summed E-state index contributed by atoms with van der Waals surface area (Å²) in [4.78, 5) is 7.11. The highest BCUT2D eigenvalue weighted by molar-refractivity contribution is 5.85. The summed E-state index contributed by atoms with van der Waals surface area (Å²) in [5, 5.41) is 0.807. The summed E-state index contributed by atoms with van der Waals surface area (Å²) < 4.78 is 19.1. The van der Waals surface area contributed by atoms with E-state index in [2.05, 4.69) is 9.97 Å². The second kappa shape index (κ2) is 4.27. The SMILES string of the molecule is NCCc1ncc(-c2cc3cccc(F)c3[nH]2)o1. The lowest BCUT2D eigenvalue weighted by molar-refractivity contribution is 0.507. The van der Waals surface area contributed by atoms with Crippen molar-refractivity contribution in [2.24, 2.45) is 5.73 Å². The zero-order chi connectivity index (χ0) is 12.5. The molecule has 0 saturated carbocycles. The van der Waals surface area contributed by atoms with E-state index in [9.17, 15) is 4.39 Å². The van der Waals surface area contributed by atoms with Crippen LogP contribution < -0.4 is 5.73 Å². The molecule has 3 N–H and O–H groups in total. The summed E-state index contributed by atoms with van der Waals surface area (Å²) in [6.45, 7) is 0.487. The number of nitrogens with zero attached hydrogens (tertiary/aromatic N) is 1. The minimum absolute atomic E-state index is 0.277. The molecule has 0 aliphatic carbocycles. The Labute approximate surface area is 103 Å². The first-order valence-corrected chi connectivity index (χ1v) is 5.70. The van der Waals surface area contributed by atoms with Crippen LogP contribution in [0.5, 0.6) is 0 Å². The van der Waals surface area contributed by atoms with Crippen LogP contribution in [0, 0.1) is 5.82 Å². The number of nitrogens with two attached hydrogens (primary N) is 1. The van der Waals surface area contributed by atoms with Crippen LogP contribution in [0.25, 0.3) is 22.4 Å². The molecule has 18 heavy (non-hydrogen) atoms. The van der Waals surface area contributed by atoms with E-state index in [4.69, 9.17) is 10.2 Å². The van der Waals surface area contributed by atoms with Gasteiger partial charge in [0.2, 0.25) is 0 Å². The van der Waals surface area contributed by atoms with Crippen LogP contribution in [-0.2, 0) is 6.42 Å². The molecule has 0 radical (unpaired) electrons. The Kier molecular flexibility index (Phi) is 2.60. The molecule has 0 atom stereocenters. The largest absolute Gasteiger partial charge is 0.439 e. The molecule has 0 unspecified atom stereocenters. The Morgan fingerprint density at radius 2 is 2.28 bits per heavy atom. The normalized spacial score (nSPS) is 11.2. The van der Waals surface area contributed by atoms with E-state index in [1.807, 2.05) is 12.1 Å². The Hall–Kier alpha value is -2.14. The lowest BCUT2D eigenvalue weighted by atomic mass is 10.2. The summed E-state index contributed by atoms with van der Waals surface area (Å²) in [7, 11) is 0. The molecule has 3 rings (SSSR count). The second-order valence-corrected chi connectivity index (χ2v) is 4.04. The van der Waals surface area contributed by atoms with Gasteiger partial charge in [0.05, 0.1) is 17.4 Å². The van der Waals surface area contributed by atoms with Crippen LogP contribution >= 0.6 is 0 Å². The number of aromatic amines is 1. The molecule has 2 aromatic heterocycles. The number of halogens is 1. The molecule has 0 bridgehead atoms. The summed E-state index contributed by atoms with van der Waals surface area (Å²) >= 11 is 0. The van der Waals surface area contributed by atoms with E-state index in [0.717, 1.165) is 5.39 Å². The van der Waals surface area contributed by atoms with Gasteiger partial charge >= 0.3 is 0 Å². The highest BCUT2D eigenvalue weighted by Crippen LogP contribution is 2.26. The maximum Gasteiger partial charge on any atom is 0.196 e. The fraction of sp³-hybridized carbons (Fsp3) is 0.154. The molecule has 0 aliphatic rings. The fourth-order valence-corrected chi connectivity index (χ4v) is 1.93. The van der Waals surface area contributed by atoms with Gasteiger partial charge in [-0.3, -0.25) is 0 Å². The van der Waals surface area contributed by atoms with Crippen LogP contribution in [0.2, 0.25) is 0 Å². The van der Waals surface area contributed by atoms with E-state index in [-0.39, 0.29) is 5.82 Å². The molecule has 0 amide bonds. The topological polar surface area (TPSA) is 67.8 Å². The van der Waals surface area contributed by atoms with Crippen LogP contribution in [-0.4, -0.2) is 16.5 Å². The number of benzene rings is 1. The lowest BCUT2D eigenvalue weighted by Gasteiger charge is -1.91. The monoisotopic (exact) mass is 245 g/mol. The molecule has 92 valence electrons. The molecule has 0 aliphatic heterocycles. The molecule has 4 nitrogen and oxygen atoms in total. The molecular formula is C13H12FN3O. The van der Waals surface area contributed by atoms with Gasteiger partial charge in [-0.1, -0.05) is 12.1 Å². The highest BCUT2D eigenvalue weighted by atomic mass is 19.1. The maximum atomic E-state index is 13.5. The van der Waals surface area contributed by atoms with Gasteiger partial charge in [-0.05, 0) is 12.1 Å². The van der Waals surface area contributed by atoms with Crippen LogP contribution in [0.15, 0.2) is 34.9 Å². The third kappa shape index (κ3) is 1.78. The van der Waals surface area contributed by atoms with E-state index < -0.39 is 0 Å². The van der Waals surface area contributed by atoms with Gasteiger partial charge in [0.25, 0.3) is 0 Å². The number of hydrogen-bond acceptors (Lipinski definition) is 3. The third-order valence-electron chi connectivity index (χ3n) is 2.78. The minimum Gasteiger partial charge on any atom is -0.439 e. The number of para-hydroxylation sites is 1. The molecule has 0 saturated heterocycles. The molecule has 2 heterocycles. The average molecular weight is 245 g/mol. The summed E-state index contributed by atoms with van der Waals surface area (Å²) in [5.41, 5.74) is 6.62. The zero-order valence-electron chi connectivity index (χ0n) is 9.61. The van der Waals surface area contributed by atoms with Gasteiger partial charge < -0.3 is 15.1 Å². The molecular weight excluding hydrogens is 233 g/mol. The van der Waals surface area contributed by atoms with Crippen LogP contribution in [0.3, 0.4) is 0 Å². The van der Waals surface area contributed by atoms with Gasteiger partial charge in [-0.2, -0.15) is 0 Å². The zero-order valence-corrected chi connectivity index (χ0v) is 9.61. The Morgan fingerprint density at radius 1 is 1.39 bits per heavy atom. The van der Waals surface area contributed by atoms with Crippen molar-refractivity contribution in [2.75, 3.05) is 6.54 Å². The minimum atomic E-state index is -0.277. The second-order valence-electron chi connectivity index (χ2n) is 4.04. The van der Waals surface area contributed by atoms with Crippen molar-refractivity contribution in [2.45, 2.75) is 6.42 Å². The fourth-order valence-electron chi connectivity index (χ4n) is 1.93. The molecule has 0 spiro atoms. The first kappa shape index (κ1) is 11.0. The standard InChI is InChI=1S/C13H12FN3O/c14-9-3-1-2-8-6-10(17-13(8)9)11-7-16-12(18-11)4-5-15/h1-3,6-7,17H,4-5,15H2. The van der Waals surface area contributed by atoms with Crippen molar-refractivity contribution in [3.8, 4) is 11.5 Å². The van der Waals surface area contributed by atoms with Gasteiger partial charge in [-0.25, -0.2) is 9.37 Å². The molecule has 1 aromatic carbocycles. The van der Waals surface area contributed by atoms with E-state index >= 15 is 0 Å². The number of oxazole rings is 1. The van der Waals surface area contributed by atoms with Crippen molar-refractivity contribution in [1.82, 2.24) is 9.97 Å².